The summed E-state index contributed by atoms with van der Waals surface area (Å²) in [7, 11) is 0. The van der Waals surface area contributed by atoms with Crippen molar-refractivity contribution < 1.29 is 9.90 Å². The second-order valence-corrected chi connectivity index (χ2v) is 6.77. The van der Waals surface area contributed by atoms with Gasteiger partial charge in [-0.25, -0.2) is 0 Å². The van der Waals surface area contributed by atoms with Crippen LogP contribution in [0.5, 0.6) is 0 Å². The Morgan fingerprint density at radius 1 is 1.24 bits per heavy atom. The maximum atomic E-state index is 11.8. The predicted octanol–water partition coefficient (Wildman–Crippen LogP) is 2.32. The fourth-order valence-electron chi connectivity index (χ4n) is 4.09. The maximum Gasteiger partial charge on any atom is 0.323 e. The van der Waals surface area contributed by atoms with Crippen molar-refractivity contribution in [1.29, 1.82) is 0 Å². The van der Waals surface area contributed by atoms with Gasteiger partial charge in [-0.1, -0.05) is 30.3 Å². The number of carbonyl (C=O) groups is 1. The zero-order valence-electron chi connectivity index (χ0n) is 12.6. The highest BCUT2D eigenvalue weighted by atomic mass is 16.4. The Morgan fingerprint density at radius 3 is 2.43 bits per heavy atom. The first-order valence-corrected chi connectivity index (χ1v) is 7.82. The normalized spacial score (nSPS) is 24.2. The third-order valence-electron chi connectivity index (χ3n) is 5.22. The minimum Gasteiger partial charge on any atom is -0.480 e. The molecule has 0 bridgehead atoms. The molecule has 21 heavy (non-hydrogen) atoms. The lowest BCUT2D eigenvalue weighted by Gasteiger charge is -2.57. The van der Waals surface area contributed by atoms with E-state index in [-0.39, 0.29) is 11.5 Å². The molecule has 0 aromatic heterocycles. The van der Waals surface area contributed by atoms with Crippen LogP contribution in [0.2, 0.25) is 0 Å². The standard InChI is InChI=1S/C17H24N2O2/c1-13(14-5-3-2-4-6-14)19-17(15(20)21)11-16(12-17)7-9-18-10-8-16/h2-6,13,18-19H,7-12H2,1H3,(H,20,21)/t13-/m0/s1. The summed E-state index contributed by atoms with van der Waals surface area (Å²) in [5, 5.41) is 16.5. The second kappa shape index (κ2) is 5.43. The van der Waals surface area contributed by atoms with Gasteiger partial charge in [0.1, 0.15) is 5.54 Å². The van der Waals surface area contributed by atoms with Crippen LogP contribution in [0.4, 0.5) is 0 Å². The molecule has 0 radical (unpaired) electrons. The number of carboxylic acid groups (broad SMARTS) is 1. The number of nitrogens with one attached hydrogen (secondary N) is 2. The summed E-state index contributed by atoms with van der Waals surface area (Å²) in [5.74, 6) is -0.700. The smallest absolute Gasteiger partial charge is 0.323 e. The van der Waals surface area contributed by atoms with E-state index >= 15 is 0 Å². The summed E-state index contributed by atoms with van der Waals surface area (Å²) in [6.45, 7) is 4.08. The zero-order valence-corrected chi connectivity index (χ0v) is 12.6. The highest BCUT2D eigenvalue weighted by molar-refractivity contribution is 5.80. The largest absolute Gasteiger partial charge is 0.480 e. The highest BCUT2D eigenvalue weighted by Crippen LogP contribution is 2.54. The minimum atomic E-state index is -0.743. The molecule has 1 aliphatic heterocycles. The molecule has 0 amide bonds. The fourth-order valence-corrected chi connectivity index (χ4v) is 4.09. The number of aliphatic carboxylic acids is 1. The summed E-state index contributed by atoms with van der Waals surface area (Å²) < 4.78 is 0. The topological polar surface area (TPSA) is 61.4 Å². The molecule has 1 aliphatic carbocycles. The molecule has 4 nitrogen and oxygen atoms in total. The molecular weight excluding hydrogens is 264 g/mol. The number of carboxylic acids is 1. The van der Waals surface area contributed by atoms with Gasteiger partial charge in [-0.3, -0.25) is 10.1 Å². The monoisotopic (exact) mass is 288 g/mol. The van der Waals surface area contributed by atoms with Crippen molar-refractivity contribution in [2.24, 2.45) is 5.41 Å². The Labute approximate surface area is 125 Å². The summed E-state index contributed by atoms with van der Waals surface area (Å²) in [6.07, 6.45) is 3.72. The van der Waals surface area contributed by atoms with Crippen LogP contribution in [0.15, 0.2) is 30.3 Å². The Morgan fingerprint density at radius 2 is 1.86 bits per heavy atom. The van der Waals surface area contributed by atoms with Crippen molar-refractivity contribution >= 4 is 5.97 Å². The van der Waals surface area contributed by atoms with Gasteiger partial charge in [0, 0.05) is 6.04 Å². The van der Waals surface area contributed by atoms with Crippen LogP contribution < -0.4 is 10.6 Å². The molecule has 1 saturated heterocycles. The average Bonchev–Trinajstić information content (AvgIpc) is 2.47. The summed E-state index contributed by atoms with van der Waals surface area (Å²) in [4.78, 5) is 11.8. The minimum absolute atomic E-state index is 0.0568. The van der Waals surface area contributed by atoms with Crippen LogP contribution in [-0.2, 0) is 4.79 Å². The molecule has 3 N–H and O–H groups in total. The van der Waals surface area contributed by atoms with Crippen LogP contribution in [0.25, 0.3) is 0 Å². The number of piperidine rings is 1. The lowest BCUT2D eigenvalue weighted by molar-refractivity contribution is -0.159. The molecule has 0 unspecified atom stereocenters. The number of hydrogen-bond acceptors (Lipinski definition) is 3. The van der Waals surface area contributed by atoms with Crippen LogP contribution in [0, 0.1) is 5.41 Å². The van der Waals surface area contributed by atoms with E-state index in [4.69, 9.17) is 0 Å². The van der Waals surface area contributed by atoms with Gasteiger partial charge in [0.25, 0.3) is 0 Å². The molecule has 1 saturated carbocycles. The van der Waals surface area contributed by atoms with E-state index in [1.165, 1.54) is 0 Å². The van der Waals surface area contributed by atoms with Gasteiger partial charge >= 0.3 is 5.97 Å². The van der Waals surface area contributed by atoms with Crippen molar-refractivity contribution in [2.75, 3.05) is 13.1 Å². The average molecular weight is 288 g/mol. The maximum absolute atomic E-state index is 11.8. The zero-order chi connectivity index (χ0) is 14.9. The third kappa shape index (κ3) is 2.70. The predicted molar refractivity (Wildman–Crippen MR) is 82.1 cm³/mol. The molecule has 1 aromatic rings. The van der Waals surface area contributed by atoms with Crippen molar-refractivity contribution in [3.8, 4) is 0 Å². The quantitative estimate of drug-likeness (QED) is 0.796. The molecule has 3 rings (SSSR count). The van der Waals surface area contributed by atoms with Gasteiger partial charge in [-0.2, -0.15) is 0 Å². The van der Waals surface area contributed by atoms with E-state index in [2.05, 4.69) is 10.6 Å². The van der Waals surface area contributed by atoms with Crippen molar-refractivity contribution in [1.82, 2.24) is 10.6 Å². The molecule has 1 spiro atoms. The lowest BCUT2D eigenvalue weighted by Crippen LogP contribution is -2.67. The van der Waals surface area contributed by atoms with E-state index in [1.54, 1.807) is 0 Å². The number of rotatable bonds is 4. The molecular formula is C17H24N2O2. The van der Waals surface area contributed by atoms with Gasteiger partial charge in [0.2, 0.25) is 0 Å². The van der Waals surface area contributed by atoms with E-state index in [0.29, 0.717) is 0 Å². The molecule has 114 valence electrons. The first kappa shape index (κ1) is 14.5. The van der Waals surface area contributed by atoms with Crippen LogP contribution >= 0.6 is 0 Å². The van der Waals surface area contributed by atoms with Gasteiger partial charge in [-0.05, 0) is 56.7 Å². The van der Waals surface area contributed by atoms with E-state index in [9.17, 15) is 9.90 Å². The summed E-state index contributed by atoms with van der Waals surface area (Å²) >= 11 is 0. The molecule has 4 heteroatoms. The first-order chi connectivity index (χ1) is 10.1. The van der Waals surface area contributed by atoms with E-state index in [0.717, 1.165) is 44.3 Å². The van der Waals surface area contributed by atoms with Crippen LogP contribution in [0.1, 0.15) is 44.2 Å². The van der Waals surface area contributed by atoms with E-state index in [1.807, 2.05) is 37.3 Å². The van der Waals surface area contributed by atoms with E-state index < -0.39 is 11.5 Å². The summed E-state index contributed by atoms with van der Waals surface area (Å²) in [5.41, 5.74) is 0.643. The SMILES string of the molecule is C[C@H](NC1(C(=O)O)CC2(CCNCC2)C1)c1ccccc1. The Kier molecular flexibility index (Phi) is 3.76. The molecule has 1 atom stereocenters. The molecule has 1 heterocycles. The Bertz CT molecular complexity index is 501. The third-order valence-corrected chi connectivity index (χ3v) is 5.22. The molecule has 2 aliphatic rings. The van der Waals surface area contributed by atoms with Gasteiger partial charge in [0.05, 0.1) is 0 Å². The molecule has 1 aromatic carbocycles. The Balaban J connectivity index is 1.70. The van der Waals surface area contributed by atoms with Crippen molar-refractivity contribution in [3.63, 3.8) is 0 Å². The Hall–Kier alpha value is -1.39. The second-order valence-electron chi connectivity index (χ2n) is 6.77. The highest BCUT2D eigenvalue weighted by Gasteiger charge is 2.59. The fraction of sp³-hybridized carbons (Fsp3) is 0.588. The van der Waals surface area contributed by atoms with Crippen LogP contribution in [-0.4, -0.2) is 29.7 Å². The van der Waals surface area contributed by atoms with Crippen LogP contribution in [0.3, 0.4) is 0 Å². The van der Waals surface area contributed by atoms with Crippen molar-refractivity contribution in [3.05, 3.63) is 35.9 Å². The van der Waals surface area contributed by atoms with Gasteiger partial charge in [0.15, 0.2) is 0 Å². The number of benzene rings is 1. The lowest BCUT2D eigenvalue weighted by atomic mass is 9.53. The van der Waals surface area contributed by atoms with Gasteiger partial charge < -0.3 is 10.4 Å². The first-order valence-electron chi connectivity index (χ1n) is 7.82. The van der Waals surface area contributed by atoms with Gasteiger partial charge in [-0.15, -0.1) is 0 Å². The van der Waals surface area contributed by atoms with Crippen molar-refractivity contribution in [2.45, 2.75) is 44.2 Å². The summed E-state index contributed by atoms with van der Waals surface area (Å²) in [6, 6.07) is 10.1. The number of hydrogen-bond donors (Lipinski definition) is 3. The molecule has 2 fully saturated rings.